The Balaban J connectivity index is 2.14. The molecule has 2 aromatic carbocycles. The molecule has 0 spiro atoms. The van der Waals surface area contributed by atoms with E-state index in [-0.39, 0.29) is 11.7 Å². The summed E-state index contributed by atoms with van der Waals surface area (Å²) in [6, 6.07) is 11.9. The van der Waals surface area contributed by atoms with Crippen LogP contribution in [0.4, 0.5) is 5.69 Å². The van der Waals surface area contributed by atoms with Gasteiger partial charge in [-0.15, -0.1) is 0 Å². The Labute approximate surface area is 188 Å². The first kappa shape index (κ1) is 24.9. The van der Waals surface area contributed by atoms with Crippen molar-refractivity contribution < 1.29 is 19.1 Å². The number of hydrogen-bond donors (Lipinski definition) is 2. The van der Waals surface area contributed by atoms with Crippen molar-refractivity contribution in [2.24, 2.45) is 4.99 Å². The Bertz CT molecular complexity index is 886. The molecule has 32 heavy (non-hydrogen) atoms. The molecular weight excluding hydrogens is 412 g/mol. The number of aliphatic imine (C=N–C) groups is 1. The van der Waals surface area contributed by atoms with Gasteiger partial charge in [-0.1, -0.05) is 12.1 Å². The monoisotopic (exact) mass is 444 g/mol. The number of nitrogens with zero attached hydrogens (tertiary/aromatic N) is 2. The van der Waals surface area contributed by atoms with Crippen LogP contribution in [0, 0.1) is 10.1 Å². The lowest BCUT2D eigenvalue weighted by Gasteiger charge is -2.21. The van der Waals surface area contributed by atoms with Gasteiger partial charge in [0, 0.05) is 37.5 Å². The molecule has 0 amide bonds. The predicted octanol–water partition coefficient (Wildman–Crippen LogP) is 3.84. The van der Waals surface area contributed by atoms with Crippen LogP contribution >= 0.6 is 0 Å². The molecule has 2 rings (SSSR count). The third kappa shape index (κ3) is 7.73. The molecule has 0 aliphatic carbocycles. The van der Waals surface area contributed by atoms with Crippen LogP contribution in [-0.4, -0.2) is 44.9 Å². The summed E-state index contributed by atoms with van der Waals surface area (Å²) >= 11 is 0. The highest BCUT2D eigenvalue weighted by Gasteiger charge is 2.14. The molecule has 174 valence electrons. The average molecular weight is 445 g/mol. The molecule has 0 saturated carbocycles. The van der Waals surface area contributed by atoms with Crippen molar-refractivity contribution >= 4 is 11.6 Å². The van der Waals surface area contributed by atoms with Gasteiger partial charge < -0.3 is 24.8 Å². The average Bonchev–Trinajstić information content (AvgIpc) is 2.81. The number of methoxy groups -OCH3 is 2. The van der Waals surface area contributed by atoms with Gasteiger partial charge in [-0.05, 0) is 44.0 Å². The van der Waals surface area contributed by atoms with Crippen LogP contribution in [0.15, 0.2) is 47.5 Å². The quantitative estimate of drug-likeness (QED) is 0.168. The number of guanidine groups is 1. The molecule has 0 radical (unpaired) electrons. The molecule has 1 unspecified atom stereocenters. The number of rotatable bonds is 12. The first-order valence-corrected chi connectivity index (χ1v) is 10.6. The Morgan fingerprint density at radius 2 is 1.91 bits per heavy atom. The summed E-state index contributed by atoms with van der Waals surface area (Å²) in [5.74, 6) is 2.11. The molecule has 0 bridgehead atoms. The lowest BCUT2D eigenvalue weighted by Crippen LogP contribution is -2.39. The third-order valence-corrected chi connectivity index (χ3v) is 4.79. The van der Waals surface area contributed by atoms with Crippen molar-refractivity contribution in [1.29, 1.82) is 0 Å². The van der Waals surface area contributed by atoms with Gasteiger partial charge in [-0.2, -0.15) is 0 Å². The van der Waals surface area contributed by atoms with Crippen LogP contribution in [0.1, 0.15) is 37.4 Å². The zero-order chi connectivity index (χ0) is 23.3. The van der Waals surface area contributed by atoms with Gasteiger partial charge in [0.1, 0.15) is 11.5 Å². The van der Waals surface area contributed by atoms with E-state index in [9.17, 15) is 10.1 Å². The Morgan fingerprint density at radius 3 is 2.53 bits per heavy atom. The van der Waals surface area contributed by atoms with Gasteiger partial charge in [-0.25, -0.2) is 4.99 Å². The molecular formula is C23H32N4O5. The molecule has 0 fully saturated rings. The van der Waals surface area contributed by atoms with Crippen LogP contribution in [0.25, 0.3) is 0 Å². The summed E-state index contributed by atoms with van der Waals surface area (Å²) in [7, 11) is 3.26. The fourth-order valence-electron chi connectivity index (χ4n) is 3.03. The predicted molar refractivity (Wildman–Crippen MR) is 124 cm³/mol. The number of nitro benzene ring substituents is 1. The minimum Gasteiger partial charge on any atom is -0.497 e. The van der Waals surface area contributed by atoms with E-state index in [0.29, 0.717) is 32.3 Å². The highest BCUT2D eigenvalue weighted by molar-refractivity contribution is 5.80. The summed E-state index contributed by atoms with van der Waals surface area (Å²) in [5.41, 5.74) is 1.87. The molecule has 2 N–H and O–H groups in total. The second-order valence-electron chi connectivity index (χ2n) is 7.04. The van der Waals surface area contributed by atoms with Crippen LogP contribution in [0.2, 0.25) is 0 Å². The standard InChI is InChI=1S/C23H32N4O5/c1-5-32-14-6-13-24-23(25-16-18-7-9-19(10-8-18)27(28)29)26-17(2)21-15-20(30-3)11-12-22(21)31-4/h7-12,15,17H,5-6,13-14,16H2,1-4H3,(H2,24,25,26). The topological polar surface area (TPSA) is 107 Å². The largest absolute Gasteiger partial charge is 0.497 e. The van der Waals surface area contributed by atoms with Crippen molar-refractivity contribution in [2.75, 3.05) is 34.0 Å². The molecule has 0 saturated heterocycles. The van der Waals surface area contributed by atoms with Crippen molar-refractivity contribution in [3.63, 3.8) is 0 Å². The van der Waals surface area contributed by atoms with Gasteiger partial charge >= 0.3 is 0 Å². The highest BCUT2D eigenvalue weighted by Crippen LogP contribution is 2.29. The summed E-state index contributed by atoms with van der Waals surface area (Å²) in [6.07, 6.45) is 0.836. The van der Waals surface area contributed by atoms with Crippen LogP contribution in [0.5, 0.6) is 11.5 Å². The third-order valence-electron chi connectivity index (χ3n) is 4.79. The molecule has 0 heterocycles. The van der Waals surface area contributed by atoms with E-state index in [0.717, 1.165) is 29.0 Å². The van der Waals surface area contributed by atoms with Crippen molar-refractivity contribution in [3.05, 3.63) is 63.7 Å². The number of non-ortho nitro benzene ring substituents is 1. The smallest absolute Gasteiger partial charge is 0.269 e. The van der Waals surface area contributed by atoms with E-state index in [1.165, 1.54) is 12.1 Å². The number of nitro groups is 1. The number of nitrogens with one attached hydrogen (secondary N) is 2. The van der Waals surface area contributed by atoms with E-state index in [4.69, 9.17) is 14.2 Å². The van der Waals surface area contributed by atoms with E-state index in [2.05, 4.69) is 15.6 Å². The summed E-state index contributed by atoms with van der Waals surface area (Å²) in [5, 5.41) is 17.6. The SMILES string of the molecule is CCOCCCNC(=NCc1ccc([N+](=O)[O-])cc1)NC(C)c1cc(OC)ccc1OC. The first-order valence-electron chi connectivity index (χ1n) is 10.6. The van der Waals surface area contributed by atoms with Crippen molar-refractivity contribution in [3.8, 4) is 11.5 Å². The van der Waals surface area contributed by atoms with Crippen molar-refractivity contribution in [2.45, 2.75) is 32.9 Å². The minimum atomic E-state index is -0.414. The van der Waals surface area contributed by atoms with Crippen LogP contribution in [0.3, 0.4) is 0 Å². The number of ether oxygens (including phenoxy) is 3. The lowest BCUT2D eigenvalue weighted by molar-refractivity contribution is -0.384. The molecule has 9 nitrogen and oxygen atoms in total. The van der Waals surface area contributed by atoms with E-state index in [1.54, 1.807) is 26.4 Å². The van der Waals surface area contributed by atoms with Crippen LogP contribution in [-0.2, 0) is 11.3 Å². The molecule has 9 heteroatoms. The molecule has 0 aliphatic heterocycles. The van der Waals surface area contributed by atoms with Gasteiger partial charge in [0.25, 0.3) is 5.69 Å². The van der Waals surface area contributed by atoms with Gasteiger partial charge in [0.15, 0.2) is 5.96 Å². The van der Waals surface area contributed by atoms with Gasteiger partial charge in [0.05, 0.1) is 31.7 Å². The fraction of sp³-hybridized carbons (Fsp3) is 0.435. The maximum atomic E-state index is 10.9. The second kappa shape index (κ2) is 13.2. The van der Waals surface area contributed by atoms with Crippen LogP contribution < -0.4 is 20.1 Å². The summed E-state index contributed by atoms with van der Waals surface area (Å²) in [4.78, 5) is 15.1. The van der Waals surface area contributed by atoms with Gasteiger partial charge in [0.2, 0.25) is 0 Å². The maximum absolute atomic E-state index is 10.9. The second-order valence-corrected chi connectivity index (χ2v) is 7.04. The fourth-order valence-corrected chi connectivity index (χ4v) is 3.03. The number of benzene rings is 2. The van der Waals surface area contributed by atoms with E-state index < -0.39 is 4.92 Å². The maximum Gasteiger partial charge on any atom is 0.269 e. The molecule has 1 atom stereocenters. The van der Waals surface area contributed by atoms with Crippen molar-refractivity contribution in [1.82, 2.24) is 10.6 Å². The van der Waals surface area contributed by atoms with E-state index in [1.807, 2.05) is 32.0 Å². The number of hydrogen-bond acceptors (Lipinski definition) is 6. The van der Waals surface area contributed by atoms with E-state index >= 15 is 0 Å². The molecule has 0 aromatic heterocycles. The lowest BCUT2D eigenvalue weighted by atomic mass is 10.1. The minimum absolute atomic E-state index is 0.0591. The zero-order valence-corrected chi connectivity index (χ0v) is 19.1. The summed E-state index contributed by atoms with van der Waals surface area (Å²) < 4.78 is 16.3. The molecule has 2 aromatic rings. The molecule has 0 aliphatic rings. The first-order chi connectivity index (χ1) is 15.5. The Hall–Kier alpha value is -3.33. The normalized spacial score (nSPS) is 12.2. The highest BCUT2D eigenvalue weighted by atomic mass is 16.6. The summed E-state index contributed by atoms with van der Waals surface area (Å²) in [6.45, 7) is 6.40. The Kier molecular flexibility index (Phi) is 10.3. The Morgan fingerprint density at radius 1 is 1.16 bits per heavy atom. The van der Waals surface area contributed by atoms with Gasteiger partial charge in [-0.3, -0.25) is 10.1 Å². The zero-order valence-electron chi connectivity index (χ0n) is 19.1.